The minimum absolute atomic E-state index is 0.0747. The number of benzene rings is 2. The van der Waals surface area contributed by atoms with Crippen molar-refractivity contribution in [2.45, 2.75) is 19.9 Å². The second-order valence-electron chi connectivity index (χ2n) is 5.98. The Morgan fingerprint density at radius 2 is 1.85 bits per heavy atom. The molecule has 1 aliphatic rings. The molecular weight excluding hydrogens is 353 g/mol. The number of hydrogen-bond donors (Lipinski definition) is 0. The van der Waals surface area contributed by atoms with Crippen LogP contribution < -0.4 is 9.47 Å². The molecule has 1 aliphatic heterocycles. The van der Waals surface area contributed by atoms with Crippen molar-refractivity contribution >= 4 is 11.9 Å². The van der Waals surface area contributed by atoms with Gasteiger partial charge in [-0.25, -0.2) is 4.39 Å². The summed E-state index contributed by atoms with van der Waals surface area (Å²) in [4.78, 5) is 26.2. The van der Waals surface area contributed by atoms with Crippen molar-refractivity contribution in [2.24, 2.45) is 0 Å². The van der Waals surface area contributed by atoms with E-state index in [1.54, 1.807) is 37.3 Å². The van der Waals surface area contributed by atoms with E-state index in [-0.39, 0.29) is 50.6 Å². The predicted molar refractivity (Wildman–Crippen MR) is 95.0 cm³/mol. The number of nitrogens with zero attached hydrogens (tertiary/aromatic N) is 1. The number of carbonyl (C=O) groups excluding carboxylic acids is 2. The van der Waals surface area contributed by atoms with E-state index in [1.165, 1.54) is 17.0 Å². The van der Waals surface area contributed by atoms with E-state index in [0.717, 1.165) is 5.56 Å². The molecule has 0 saturated carbocycles. The Balaban J connectivity index is 1.77. The van der Waals surface area contributed by atoms with Crippen molar-refractivity contribution in [3.63, 3.8) is 0 Å². The molecule has 3 rings (SSSR count). The molecule has 142 valence electrons. The quantitative estimate of drug-likeness (QED) is 0.698. The number of amides is 1. The SMILES string of the molecule is CCOC(=O)CCN(Cc1ccc(F)cc1)C(=O)c1ccc2c(c1)OCO2. The Morgan fingerprint density at radius 3 is 2.59 bits per heavy atom. The highest BCUT2D eigenvalue weighted by molar-refractivity contribution is 5.95. The van der Waals surface area contributed by atoms with E-state index in [4.69, 9.17) is 14.2 Å². The van der Waals surface area contributed by atoms with Gasteiger partial charge in [0.25, 0.3) is 5.91 Å². The van der Waals surface area contributed by atoms with E-state index in [2.05, 4.69) is 0 Å². The number of hydrogen-bond acceptors (Lipinski definition) is 5. The summed E-state index contributed by atoms with van der Waals surface area (Å²) < 4.78 is 28.7. The monoisotopic (exact) mass is 373 g/mol. The van der Waals surface area contributed by atoms with Crippen LogP contribution in [0.1, 0.15) is 29.3 Å². The van der Waals surface area contributed by atoms with Crippen LogP contribution in [0, 0.1) is 5.82 Å². The van der Waals surface area contributed by atoms with Crippen LogP contribution in [0.25, 0.3) is 0 Å². The maximum Gasteiger partial charge on any atom is 0.307 e. The Bertz CT molecular complexity index is 822. The van der Waals surface area contributed by atoms with Gasteiger partial charge in [0.1, 0.15) is 5.82 Å². The van der Waals surface area contributed by atoms with Crippen LogP contribution in [0.3, 0.4) is 0 Å². The highest BCUT2D eigenvalue weighted by atomic mass is 19.1. The molecule has 0 fully saturated rings. The highest BCUT2D eigenvalue weighted by Crippen LogP contribution is 2.33. The van der Waals surface area contributed by atoms with Crippen molar-refractivity contribution in [1.29, 1.82) is 0 Å². The van der Waals surface area contributed by atoms with Gasteiger partial charge in [-0.1, -0.05) is 12.1 Å². The lowest BCUT2D eigenvalue weighted by Gasteiger charge is -2.23. The van der Waals surface area contributed by atoms with Crippen molar-refractivity contribution in [3.05, 3.63) is 59.4 Å². The zero-order chi connectivity index (χ0) is 19.2. The topological polar surface area (TPSA) is 65.1 Å². The summed E-state index contributed by atoms with van der Waals surface area (Å²) in [5.41, 5.74) is 1.18. The Kier molecular flexibility index (Phi) is 5.90. The van der Waals surface area contributed by atoms with Gasteiger partial charge in [-0.15, -0.1) is 0 Å². The molecule has 1 amide bonds. The first-order chi connectivity index (χ1) is 13.1. The van der Waals surface area contributed by atoms with Crippen LogP contribution in [0.4, 0.5) is 4.39 Å². The molecule has 0 aromatic heterocycles. The van der Waals surface area contributed by atoms with E-state index in [0.29, 0.717) is 17.1 Å². The van der Waals surface area contributed by atoms with E-state index in [9.17, 15) is 14.0 Å². The van der Waals surface area contributed by atoms with Gasteiger partial charge in [0.2, 0.25) is 6.79 Å². The maximum absolute atomic E-state index is 13.1. The summed E-state index contributed by atoms with van der Waals surface area (Å²) in [6.45, 7) is 2.56. The highest BCUT2D eigenvalue weighted by Gasteiger charge is 2.21. The normalized spacial score (nSPS) is 11.9. The molecule has 1 heterocycles. The molecule has 0 radical (unpaired) electrons. The molecule has 0 N–H and O–H groups in total. The largest absolute Gasteiger partial charge is 0.466 e. The average Bonchev–Trinajstić information content (AvgIpc) is 3.14. The second kappa shape index (κ2) is 8.53. The van der Waals surface area contributed by atoms with Gasteiger partial charge >= 0.3 is 5.97 Å². The lowest BCUT2D eigenvalue weighted by molar-refractivity contribution is -0.143. The van der Waals surface area contributed by atoms with E-state index < -0.39 is 0 Å². The molecule has 27 heavy (non-hydrogen) atoms. The summed E-state index contributed by atoms with van der Waals surface area (Å²) in [6, 6.07) is 10.8. The number of ether oxygens (including phenoxy) is 3. The minimum Gasteiger partial charge on any atom is -0.466 e. The van der Waals surface area contributed by atoms with Crippen LogP contribution in [0.2, 0.25) is 0 Å². The van der Waals surface area contributed by atoms with Gasteiger partial charge in [-0.2, -0.15) is 0 Å². The third kappa shape index (κ3) is 4.75. The van der Waals surface area contributed by atoms with E-state index >= 15 is 0 Å². The van der Waals surface area contributed by atoms with Crippen molar-refractivity contribution in [3.8, 4) is 11.5 Å². The van der Waals surface area contributed by atoms with Crippen LogP contribution in [-0.4, -0.2) is 36.7 Å². The molecule has 0 aliphatic carbocycles. The molecule has 0 atom stereocenters. The molecular formula is C20H20FNO5. The minimum atomic E-state index is -0.375. The van der Waals surface area contributed by atoms with Crippen molar-refractivity contribution in [2.75, 3.05) is 19.9 Å². The first-order valence-corrected chi connectivity index (χ1v) is 8.66. The van der Waals surface area contributed by atoms with Gasteiger partial charge in [0.05, 0.1) is 13.0 Å². The molecule has 0 unspecified atom stereocenters. The smallest absolute Gasteiger partial charge is 0.307 e. The standard InChI is InChI=1S/C20H20FNO5/c1-2-25-19(23)9-10-22(12-14-3-6-16(21)7-4-14)20(24)15-5-8-17-18(11-15)27-13-26-17/h3-8,11H,2,9-10,12-13H2,1H3. The van der Waals surface area contributed by atoms with Crippen molar-refractivity contribution in [1.82, 2.24) is 4.90 Å². The molecule has 2 aromatic rings. The van der Waals surface area contributed by atoms with Crippen molar-refractivity contribution < 1.29 is 28.2 Å². The fraction of sp³-hybridized carbons (Fsp3) is 0.300. The van der Waals surface area contributed by atoms with Gasteiger partial charge in [0.15, 0.2) is 11.5 Å². The zero-order valence-corrected chi connectivity index (χ0v) is 14.9. The average molecular weight is 373 g/mol. The zero-order valence-electron chi connectivity index (χ0n) is 14.9. The first-order valence-electron chi connectivity index (χ1n) is 8.66. The molecule has 6 nitrogen and oxygen atoms in total. The first kappa shape index (κ1) is 18.7. The Hall–Kier alpha value is -3.09. The number of fused-ring (bicyclic) bond motifs is 1. The summed E-state index contributed by atoms with van der Waals surface area (Å²) >= 11 is 0. The summed E-state index contributed by atoms with van der Waals surface area (Å²) in [7, 11) is 0. The van der Waals surface area contributed by atoms with Crippen LogP contribution in [-0.2, 0) is 16.1 Å². The predicted octanol–water partition coefficient (Wildman–Crippen LogP) is 3.15. The number of esters is 1. The third-order valence-electron chi connectivity index (χ3n) is 4.08. The van der Waals surface area contributed by atoms with Gasteiger partial charge in [0, 0.05) is 18.7 Å². The molecule has 0 saturated heterocycles. The Labute approximate surface area is 156 Å². The lowest BCUT2D eigenvalue weighted by Crippen LogP contribution is -2.33. The second-order valence-corrected chi connectivity index (χ2v) is 5.98. The van der Waals surface area contributed by atoms with Gasteiger partial charge in [-0.3, -0.25) is 9.59 Å². The third-order valence-corrected chi connectivity index (χ3v) is 4.08. The molecule has 0 spiro atoms. The summed E-state index contributed by atoms with van der Waals surface area (Å²) in [5.74, 6) is 0.108. The summed E-state index contributed by atoms with van der Waals surface area (Å²) in [5, 5.41) is 0. The maximum atomic E-state index is 13.1. The van der Waals surface area contributed by atoms with Gasteiger partial charge < -0.3 is 19.1 Å². The molecule has 2 aromatic carbocycles. The van der Waals surface area contributed by atoms with Crippen LogP contribution >= 0.6 is 0 Å². The Morgan fingerprint density at radius 1 is 1.11 bits per heavy atom. The fourth-order valence-electron chi connectivity index (χ4n) is 2.73. The lowest BCUT2D eigenvalue weighted by atomic mass is 10.1. The molecule has 0 bridgehead atoms. The van der Waals surface area contributed by atoms with Crippen LogP contribution in [0.15, 0.2) is 42.5 Å². The fourth-order valence-corrected chi connectivity index (χ4v) is 2.73. The number of halogens is 1. The number of carbonyl (C=O) groups is 2. The summed E-state index contributed by atoms with van der Waals surface area (Å²) in [6.07, 6.45) is 0.0747. The van der Waals surface area contributed by atoms with Crippen LogP contribution in [0.5, 0.6) is 11.5 Å². The molecule has 7 heteroatoms. The number of rotatable bonds is 7. The van der Waals surface area contributed by atoms with Gasteiger partial charge in [-0.05, 0) is 42.8 Å². The van der Waals surface area contributed by atoms with E-state index in [1.807, 2.05) is 0 Å².